The molecule has 1 saturated heterocycles. The quantitative estimate of drug-likeness (QED) is 0.736. The van der Waals surface area contributed by atoms with E-state index >= 15 is 0 Å². The van der Waals surface area contributed by atoms with Crippen molar-refractivity contribution in [2.75, 3.05) is 13.2 Å². The molecule has 164 valence electrons. The van der Waals surface area contributed by atoms with Crippen LogP contribution in [-0.2, 0) is 9.47 Å². The third-order valence-electron chi connectivity index (χ3n) is 8.67. The molecule has 0 aromatic heterocycles. The fourth-order valence-electron chi connectivity index (χ4n) is 6.91. The van der Waals surface area contributed by atoms with Crippen molar-refractivity contribution in [2.45, 2.75) is 77.0 Å². The van der Waals surface area contributed by atoms with Gasteiger partial charge in [0.15, 0.2) is 0 Å². The van der Waals surface area contributed by atoms with Gasteiger partial charge in [-0.3, -0.25) is 0 Å². The Kier molecular flexibility index (Phi) is 5.00. The summed E-state index contributed by atoms with van der Waals surface area (Å²) in [5.41, 5.74) is 0.734. The Bertz CT molecular complexity index is 806. The number of hydrogen-bond acceptors (Lipinski definition) is 4. The first kappa shape index (κ1) is 20.2. The van der Waals surface area contributed by atoms with Crippen LogP contribution in [0.15, 0.2) is 24.3 Å². The molecule has 1 aromatic carbocycles. The van der Waals surface area contributed by atoms with Gasteiger partial charge < -0.3 is 19.5 Å². The van der Waals surface area contributed by atoms with E-state index in [1.54, 1.807) is 0 Å². The number of benzene rings is 1. The lowest BCUT2D eigenvalue weighted by molar-refractivity contribution is -0.259. The number of carbonyl (C=O) groups is 1. The number of alkyl carbamates (subject to hydrolysis) is 1. The van der Waals surface area contributed by atoms with Crippen LogP contribution in [0.5, 0.6) is 5.75 Å². The number of ether oxygens (including phenoxy) is 3. The molecule has 2 aliphatic carbocycles. The second-order valence-corrected chi connectivity index (χ2v) is 10.4. The van der Waals surface area contributed by atoms with E-state index in [1.165, 1.54) is 19.3 Å². The zero-order valence-electron chi connectivity index (χ0n) is 18.5. The number of rotatable bonds is 3. The van der Waals surface area contributed by atoms with Gasteiger partial charge in [-0.2, -0.15) is 0 Å². The van der Waals surface area contributed by atoms with Gasteiger partial charge in [-0.1, -0.05) is 51.3 Å². The molecule has 2 saturated carbocycles. The molecule has 30 heavy (non-hydrogen) atoms. The summed E-state index contributed by atoms with van der Waals surface area (Å²) in [6.07, 6.45) is 6.52. The summed E-state index contributed by atoms with van der Waals surface area (Å²) in [4.78, 5) is 12.5. The maximum absolute atomic E-state index is 12.5. The van der Waals surface area contributed by atoms with Gasteiger partial charge in [-0.25, -0.2) is 4.79 Å². The van der Waals surface area contributed by atoms with Crippen LogP contribution in [0.4, 0.5) is 4.79 Å². The van der Waals surface area contributed by atoms with Crippen molar-refractivity contribution in [2.24, 2.45) is 23.2 Å². The van der Waals surface area contributed by atoms with Crippen molar-refractivity contribution in [1.29, 1.82) is 0 Å². The summed E-state index contributed by atoms with van der Waals surface area (Å²) < 4.78 is 19.0. The molecule has 2 aliphatic heterocycles. The molecule has 1 aromatic rings. The van der Waals surface area contributed by atoms with Crippen molar-refractivity contribution in [1.82, 2.24) is 5.32 Å². The Morgan fingerprint density at radius 1 is 1.20 bits per heavy atom. The number of fused-ring (bicyclic) bond motifs is 3. The lowest BCUT2D eigenvalue weighted by Crippen LogP contribution is -2.66. The van der Waals surface area contributed by atoms with Gasteiger partial charge >= 0.3 is 6.09 Å². The predicted octanol–water partition coefficient (Wildman–Crippen LogP) is 5.25. The van der Waals surface area contributed by atoms with Crippen molar-refractivity contribution in [3.63, 3.8) is 0 Å². The fourth-order valence-corrected chi connectivity index (χ4v) is 6.91. The third-order valence-corrected chi connectivity index (χ3v) is 8.67. The molecule has 6 atom stereocenters. The highest BCUT2D eigenvalue weighted by molar-refractivity contribution is 5.67. The Hall–Kier alpha value is -1.75. The predicted molar refractivity (Wildman–Crippen MR) is 114 cm³/mol. The van der Waals surface area contributed by atoms with Gasteiger partial charge in [0.25, 0.3) is 0 Å². The van der Waals surface area contributed by atoms with E-state index in [9.17, 15) is 4.79 Å². The fraction of sp³-hybridized carbons (Fsp3) is 0.720. The summed E-state index contributed by atoms with van der Waals surface area (Å²) in [6.45, 7) is 7.86. The highest BCUT2D eigenvalue weighted by atomic mass is 16.6. The van der Waals surface area contributed by atoms with Crippen LogP contribution in [0.25, 0.3) is 0 Å². The van der Waals surface area contributed by atoms with E-state index in [4.69, 9.17) is 14.2 Å². The van der Waals surface area contributed by atoms with Gasteiger partial charge in [0.05, 0.1) is 12.7 Å². The van der Waals surface area contributed by atoms with Crippen molar-refractivity contribution >= 4 is 6.09 Å². The second kappa shape index (κ2) is 7.44. The van der Waals surface area contributed by atoms with Gasteiger partial charge in [0.1, 0.15) is 18.0 Å². The number of para-hydroxylation sites is 1. The number of nitrogens with one attached hydrogen (secondary N) is 1. The minimum atomic E-state index is -0.267. The summed E-state index contributed by atoms with van der Waals surface area (Å²) in [7, 11) is 0. The van der Waals surface area contributed by atoms with Gasteiger partial charge in [0.2, 0.25) is 0 Å². The molecule has 3 fully saturated rings. The average molecular weight is 414 g/mol. The van der Waals surface area contributed by atoms with Crippen LogP contribution in [0.1, 0.15) is 71.0 Å². The first-order valence-corrected chi connectivity index (χ1v) is 11.8. The lowest BCUT2D eigenvalue weighted by atomic mass is 9.50. The van der Waals surface area contributed by atoms with Gasteiger partial charge in [-0.15, -0.1) is 0 Å². The standard InChI is InChI=1S/C25H35NO4/c1-16-13-24(3)21-17(2)25(16,15-29-23(27)26-18-9-5-4-6-10-18)14-28-22(21)19-11-7-8-12-20(19)30-24/h7-8,11-12,16-18,21-22H,4-6,9-10,13-15H2,1-3H3,(H,26,27)/t16-,17+,21+,22-,24-,25-/m1/s1. The summed E-state index contributed by atoms with van der Waals surface area (Å²) in [5.74, 6) is 1.88. The van der Waals surface area contributed by atoms with E-state index in [1.807, 2.05) is 6.07 Å². The zero-order valence-corrected chi connectivity index (χ0v) is 18.5. The van der Waals surface area contributed by atoms with E-state index in [-0.39, 0.29) is 35.2 Å². The van der Waals surface area contributed by atoms with Crippen LogP contribution in [-0.4, -0.2) is 30.9 Å². The maximum Gasteiger partial charge on any atom is 0.407 e. The molecule has 1 N–H and O–H groups in total. The molecule has 0 radical (unpaired) electrons. The first-order valence-electron chi connectivity index (χ1n) is 11.8. The zero-order chi connectivity index (χ0) is 20.9. The molecule has 0 unspecified atom stereocenters. The van der Waals surface area contributed by atoms with E-state index in [0.717, 1.165) is 30.6 Å². The minimum Gasteiger partial charge on any atom is -0.487 e. The monoisotopic (exact) mass is 413 g/mol. The van der Waals surface area contributed by atoms with Crippen LogP contribution in [0.2, 0.25) is 0 Å². The largest absolute Gasteiger partial charge is 0.487 e. The first-order chi connectivity index (χ1) is 14.4. The second-order valence-electron chi connectivity index (χ2n) is 10.4. The molecule has 4 aliphatic rings. The van der Waals surface area contributed by atoms with Crippen molar-refractivity contribution < 1.29 is 19.0 Å². The Morgan fingerprint density at radius 3 is 2.77 bits per heavy atom. The van der Waals surface area contributed by atoms with Gasteiger partial charge in [0, 0.05) is 22.9 Å². The van der Waals surface area contributed by atoms with Crippen LogP contribution in [0.3, 0.4) is 0 Å². The Labute approximate surface area is 179 Å². The SMILES string of the molecule is C[C@@H]1C[C@@]2(C)Oc3ccccc3[C@H]3OC[C@]1(COC(=O)NC1CCCCC1)[C@@H](C)[C@@H]32. The molecule has 0 spiro atoms. The summed E-state index contributed by atoms with van der Waals surface area (Å²) in [6, 6.07) is 8.55. The highest BCUT2D eigenvalue weighted by Gasteiger charge is 2.64. The van der Waals surface area contributed by atoms with Crippen molar-refractivity contribution in [3.8, 4) is 5.75 Å². The third kappa shape index (κ3) is 3.12. The maximum atomic E-state index is 12.5. The summed E-state index contributed by atoms with van der Waals surface area (Å²) in [5, 5.41) is 3.09. The van der Waals surface area contributed by atoms with Crippen LogP contribution in [0, 0.1) is 23.2 Å². The average Bonchev–Trinajstić information content (AvgIpc) is 2.73. The molecular formula is C25H35NO4. The van der Waals surface area contributed by atoms with E-state index < -0.39 is 0 Å². The smallest absolute Gasteiger partial charge is 0.407 e. The molecule has 5 nitrogen and oxygen atoms in total. The Balaban J connectivity index is 1.34. The highest BCUT2D eigenvalue weighted by Crippen LogP contribution is 2.63. The molecular weight excluding hydrogens is 378 g/mol. The normalized spacial score (nSPS) is 40.1. The van der Waals surface area contributed by atoms with Crippen molar-refractivity contribution in [3.05, 3.63) is 29.8 Å². The number of amides is 1. The van der Waals surface area contributed by atoms with E-state index in [0.29, 0.717) is 25.0 Å². The van der Waals surface area contributed by atoms with Gasteiger partial charge in [-0.05, 0) is 44.1 Å². The van der Waals surface area contributed by atoms with Crippen LogP contribution >= 0.6 is 0 Å². The minimum absolute atomic E-state index is 0.0478. The molecule has 1 amide bonds. The van der Waals surface area contributed by atoms with E-state index in [2.05, 4.69) is 44.3 Å². The van der Waals surface area contributed by atoms with Crippen LogP contribution < -0.4 is 10.1 Å². The number of carbonyl (C=O) groups excluding carboxylic acids is 1. The lowest BCUT2D eigenvalue weighted by Gasteiger charge is -2.63. The number of hydrogen-bond donors (Lipinski definition) is 1. The Morgan fingerprint density at radius 2 is 1.97 bits per heavy atom. The summed E-state index contributed by atoms with van der Waals surface area (Å²) >= 11 is 0. The topological polar surface area (TPSA) is 56.8 Å². The molecule has 5 rings (SSSR count). The molecule has 2 bridgehead atoms. The molecule has 2 heterocycles. The molecule has 5 heteroatoms.